The zero-order chi connectivity index (χ0) is 19.2. The number of imidazole rings is 1. The number of fused-ring (bicyclic) bond motifs is 2. The zero-order valence-electron chi connectivity index (χ0n) is 15.6. The summed E-state index contributed by atoms with van der Waals surface area (Å²) in [6, 6.07) is 8.14. The lowest BCUT2D eigenvalue weighted by Crippen LogP contribution is -2.20. The molecule has 0 atom stereocenters. The lowest BCUT2D eigenvalue weighted by Gasteiger charge is -2.25. The van der Waals surface area contributed by atoms with Crippen molar-refractivity contribution in [1.82, 2.24) is 39.3 Å². The summed E-state index contributed by atoms with van der Waals surface area (Å²) in [7, 11) is 0. The molecule has 0 spiro atoms. The first-order valence-electron chi connectivity index (χ1n) is 9.64. The fraction of sp³-hybridized carbons (Fsp3) is 0.250. The van der Waals surface area contributed by atoms with Gasteiger partial charge in [0.25, 0.3) is 0 Å². The van der Waals surface area contributed by atoms with E-state index in [9.17, 15) is 0 Å². The lowest BCUT2D eigenvalue weighted by atomic mass is 10.1. The molecule has 1 saturated heterocycles. The molecule has 1 N–H and O–H groups in total. The van der Waals surface area contributed by atoms with Crippen molar-refractivity contribution < 1.29 is 4.74 Å². The molecule has 1 aliphatic rings. The Hall–Kier alpha value is -3.59. The van der Waals surface area contributed by atoms with Crippen molar-refractivity contribution in [3.63, 3.8) is 0 Å². The van der Waals surface area contributed by atoms with Gasteiger partial charge in [-0.2, -0.15) is 10.2 Å². The Balaban J connectivity index is 1.57. The lowest BCUT2D eigenvalue weighted by molar-refractivity contribution is 0.0708. The zero-order valence-corrected chi connectivity index (χ0v) is 15.6. The van der Waals surface area contributed by atoms with E-state index in [1.807, 2.05) is 41.2 Å². The Morgan fingerprint density at radius 2 is 2.00 bits per heavy atom. The third kappa shape index (κ3) is 2.62. The molecule has 6 heterocycles. The van der Waals surface area contributed by atoms with Gasteiger partial charge in [0, 0.05) is 31.6 Å². The van der Waals surface area contributed by atoms with E-state index in [-0.39, 0.29) is 6.04 Å². The molecule has 6 rings (SSSR count). The van der Waals surface area contributed by atoms with Crippen molar-refractivity contribution in [2.75, 3.05) is 13.2 Å². The number of H-pyrrole nitrogens is 1. The highest BCUT2D eigenvalue weighted by molar-refractivity contribution is 5.81. The Morgan fingerprint density at radius 1 is 1.07 bits per heavy atom. The van der Waals surface area contributed by atoms with E-state index in [0.717, 1.165) is 59.8 Å². The molecule has 0 bridgehead atoms. The molecule has 5 aromatic rings. The van der Waals surface area contributed by atoms with Crippen LogP contribution in [0.2, 0.25) is 0 Å². The van der Waals surface area contributed by atoms with E-state index in [1.54, 1.807) is 12.4 Å². The molecule has 9 nitrogen and oxygen atoms in total. The summed E-state index contributed by atoms with van der Waals surface area (Å²) in [6.07, 6.45) is 9.09. The van der Waals surface area contributed by atoms with E-state index < -0.39 is 0 Å². The summed E-state index contributed by atoms with van der Waals surface area (Å²) in [6.45, 7) is 1.47. The van der Waals surface area contributed by atoms with Gasteiger partial charge in [-0.15, -0.1) is 0 Å². The summed E-state index contributed by atoms with van der Waals surface area (Å²) >= 11 is 0. The van der Waals surface area contributed by atoms with Crippen LogP contribution in [-0.4, -0.2) is 52.5 Å². The minimum absolute atomic E-state index is 0.263. The van der Waals surface area contributed by atoms with Crippen molar-refractivity contribution >= 4 is 16.7 Å². The van der Waals surface area contributed by atoms with Crippen LogP contribution in [0.1, 0.15) is 18.9 Å². The number of rotatable bonds is 3. The smallest absolute Gasteiger partial charge is 0.165 e. The van der Waals surface area contributed by atoms with Crippen LogP contribution >= 0.6 is 0 Å². The third-order valence-corrected chi connectivity index (χ3v) is 5.40. The van der Waals surface area contributed by atoms with Crippen LogP contribution < -0.4 is 0 Å². The van der Waals surface area contributed by atoms with E-state index in [4.69, 9.17) is 14.7 Å². The highest BCUT2D eigenvalue weighted by Crippen LogP contribution is 2.32. The van der Waals surface area contributed by atoms with Crippen molar-refractivity contribution in [2.45, 2.75) is 18.9 Å². The topological polar surface area (TPSA) is 98.8 Å². The van der Waals surface area contributed by atoms with Crippen LogP contribution in [0.3, 0.4) is 0 Å². The normalized spacial score (nSPS) is 15.4. The number of nitrogens with one attached hydrogen (secondary N) is 1. The first-order chi connectivity index (χ1) is 14.4. The van der Waals surface area contributed by atoms with Crippen molar-refractivity contribution in [1.29, 1.82) is 0 Å². The first kappa shape index (κ1) is 16.4. The van der Waals surface area contributed by atoms with Gasteiger partial charge in [-0.05, 0) is 31.0 Å². The molecule has 9 heteroatoms. The maximum atomic E-state index is 5.57. The molecule has 0 saturated carbocycles. The van der Waals surface area contributed by atoms with Crippen molar-refractivity contribution in [3.8, 4) is 22.9 Å². The minimum atomic E-state index is 0.263. The molecule has 0 aromatic carbocycles. The average molecular weight is 386 g/mol. The Morgan fingerprint density at radius 3 is 2.86 bits per heavy atom. The predicted octanol–water partition coefficient (Wildman–Crippen LogP) is 2.88. The van der Waals surface area contributed by atoms with E-state index in [1.165, 1.54) is 0 Å². The maximum Gasteiger partial charge on any atom is 0.165 e. The van der Waals surface area contributed by atoms with E-state index in [0.29, 0.717) is 5.82 Å². The van der Waals surface area contributed by atoms with Crippen LogP contribution in [0.5, 0.6) is 0 Å². The average Bonchev–Trinajstić information content (AvgIpc) is 3.51. The molecular formula is C20H18N8O. The van der Waals surface area contributed by atoms with E-state index in [2.05, 4.69) is 24.8 Å². The molecule has 0 aliphatic carbocycles. The second-order valence-corrected chi connectivity index (χ2v) is 7.11. The molecule has 0 unspecified atom stereocenters. The van der Waals surface area contributed by atoms with Gasteiger partial charge in [0.05, 0.1) is 23.5 Å². The highest BCUT2D eigenvalue weighted by Gasteiger charge is 2.25. The maximum absolute atomic E-state index is 5.57. The summed E-state index contributed by atoms with van der Waals surface area (Å²) in [5.41, 5.74) is 4.32. The van der Waals surface area contributed by atoms with Crippen LogP contribution in [-0.2, 0) is 4.74 Å². The largest absolute Gasteiger partial charge is 0.381 e. The number of aromatic nitrogens is 8. The Bertz CT molecular complexity index is 1300. The molecule has 144 valence electrons. The quantitative estimate of drug-likeness (QED) is 0.512. The first-order valence-corrected chi connectivity index (χ1v) is 9.64. The minimum Gasteiger partial charge on any atom is -0.381 e. The number of pyridine rings is 1. The predicted molar refractivity (Wildman–Crippen MR) is 106 cm³/mol. The fourth-order valence-corrected chi connectivity index (χ4v) is 3.99. The SMILES string of the molecule is c1ccn2ncc(-c3ncc4nc(-c5ccn[nH]5)n(C5CCOCC5)c4n3)c2c1. The molecular weight excluding hydrogens is 368 g/mol. The molecule has 0 amide bonds. The summed E-state index contributed by atoms with van der Waals surface area (Å²) in [5.74, 6) is 1.47. The number of nitrogens with zero attached hydrogens (tertiary/aromatic N) is 7. The molecule has 1 aliphatic heterocycles. The third-order valence-electron chi connectivity index (χ3n) is 5.40. The standard InChI is InChI=1S/C20H18N8O/c1-2-8-27-17(3-1)14(11-23-27)18-21-12-16-20(25-18)28(13-5-9-29-10-6-13)19(24-16)15-4-7-22-26-15/h1-4,7-8,11-13H,5-6,9-10H2,(H,22,26). The number of hydrogen-bond donors (Lipinski definition) is 1. The number of hydrogen-bond acceptors (Lipinski definition) is 6. The fourth-order valence-electron chi connectivity index (χ4n) is 3.99. The summed E-state index contributed by atoms with van der Waals surface area (Å²) in [5, 5.41) is 11.5. The second kappa shape index (κ2) is 6.49. The second-order valence-electron chi connectivity index (χ2n) is 7.11. The highest BCUT2D eigenvalue weighted by atomic mass is 16.5. The van der Waals surface area contributed by atoms with Gasteiger partial charge in [0.15, 0.2) is 17.3 Å². The van der Waals surface area contributed by atoms with Gasteiger partial charge in [-0.25, -0.2) is 19.5 Å². The summed E-state index contributed by atoms with van der Waals surface area (Å²) in [4.78, 5) is 14.3. The van der Waals surface area contributed by atoms with Gasteiger partial charge < -0.3 is 9.30 Å². The summed E-state index contributed by atoms with van der Waals surface area (Å²) < 4.78 is 9.61. The van der Waals surface area contributed by atoms with Gasteiger partial charge in [0.2, 0.25) is 0 Å². The number of aromatic amines is 1. The van der Waals surface area contributed by atoms with Crippen LogP contribution in [0, 0.1) is 0 Å². The molecule has 5 aromatic heterocycles. The van der Waals surface area contributed by atoms with Gasteiger partial charge >= 0.3 is 0 Å². The van der Waals surface area contributed by atoms with Crippen LogP contribution in [0.4, 0.5) is 0 Å². The van der Waals surface area contributed by atoms with Crippen LogP contribution in [0.25, 0.3) is 39.6 Å². The van der Waals surface area contributed by atoms with Gasteiger partial charge in [0.1, 0.15) is 11.2 Å². The monoisotopic (exact) mass is 386 g/mol. The van der Waals surface area contributed by atoms with Gasteiger partial charge in [-0.3, -0.25) is 5.10 Å². The van der Waals surface area contributed by atoms with Gasteiger partial charge in [-0.1, -0.05) is 6.07 Å². The molecule has 0 radical (unpaired) electrons. The van der Waals surface area contributed by atoms with Crippen molar-refractivity contribution in [2.24, 2.45) is 0 Å². The Kier molecular flexibility index (Phi) is 3.66. The van der Waals surface area contributed by atoms with Crippen molar-refractivity contribution in [3.05, 3.63) is 49.1 Å². The molecule has 1 fully saturated rings. The van der Waals surface area contributed by atoms with E-state index >= 15 is 0 Å². The Labute approximate surface area is 165 Å². The van der Waals surface area contributed by atoms with Crippen LogP contribution in [0.15, 0.2) is 49.1 Å². The number of ether oxygens (including phenoxy) is 1. The molecule has 29 heavy (non-hydrogen) atoms.